The molecule has 2 rings (SSSR count). The van der Waals surface area contributed by atoms with Crippen LogP contribution >= 0.6 is 0 Å². The average Bonchev–Trinajstić information content (AvgIpc) is 2.49. The SMILES string of the molecule is COc1ccc2c(C=O)c(OC)c(C(C)(C)C)cc2c1C(C)(C)C. The summed E-state index contributed by atoms with van der Waals surface area (Å²) in [4.78, 5) is 11.9. The van der Waals surface area contributed by atoms with Crippen molar-refractivity contribution in [2.24, 2.45) is 0 Å². The smallest absolute Gasteiger partial charge is 0.154 e. The van der Waals surface area contributed by atoms with E-state index in [1.807, 2.05) is 12.1 Å². The van der Waals surface area contributed by atoms with Gasteiger partial charge in [-0.25, -0.2) is 0 Å². The Bertz CT molecular complexity index is 774. The third-order valence-corrected chi connectivity index (χ3v) is 4.38. The molecule has 0 heterocycles. The van der Waals surface area contributed by atoms with Gasteiger partial charge in [-0.2, -0.15) is 0 Å². The summed E-state index contributed by atoms with van der Waals surface area (Å²) in [5, 5.41) is 1.95. The summed E-state index contributed by atoms with van der Waals surface area (Å²) in [6, 6.07) is 6.04. The van der Waals surface area contributed by atoms with Crippen molar-refractivity contribution in [1.29, 1.82) is 0 Å². The molecule has 0 spiro atoms. The van der Waals surface area contributed by atoms with Crippen LogP contribution in [0.1, 0.15) is 63.0 Å². The molecule has 0 fully saturated rings. The van der Waals surface area contributed by atoms with E-state index < -0.39 is 0 Å². The topological polar surface area (TPSA) is 35.5 Å². The van der Waals surface area contributed by atoms with E-state index in [4.69, 9.17) is 9.47 Å². The maximum Gasteiger partial charge on any atom is 0.154 e. The third kappa shape index (κ3) is 3.00. The van der Waals surface area contributed by atoms with Crippen LogP contribution in [0.4, 0.5) is 0 Å². The van der Waals surface area contributed by atoms with Gasteiger partial charge in [0.1, 0.15) is 11.5 Å². The molecule has 0 unspecified atom stereocenters. The van der Waals surface area contributed by atoms with Crippen molar-refractivity contribution in [3.63, 3.8) is 0 Å². The fourth-order valence-corrected chi connectivity index (χ4v) is 3.30. The number of fused-ring (bicyclic) bond motifs is 1. The Morgan fingerprint density at radius 3 is 1.92 bits per heavy atom. The second-order valence-electron chi connectivity index (χ2n) is 8.23. The quantitative estimate of drug-likeness (QED) is 0.721. The van der Waals surface area contributed by atoms with Crippen molar-refractivity contribution in [3.8, 4) is 11.5 Å². The van der Waals surface area contributed by atoms with Gasteiger partial charge in [0.25, 0.3) is 0 Å². The van der Waals surface area contributed by atoms with Crippen LogP contribution in [0.3, 0.4) is 0 Å². The first-order valence-corrected chi connectivity index (χ1v) is 8.24. The zero-order valence-electron chi connectivity index (χ0n) is 16.0. The van der Waals surface area contributed by atoms with Gasteiger partial charge in [0.2, 0.25) is 0 Å². The molecular weight excluding hydrogens is 300 g/mol. The molecule has 0 aromatic heterocycles. The van der Waals surface area contributed by atoms with Crippen molar-refractivity contribution in [2.75, 3.05) is 14.2 Å². The highest BCUT2D eigenvalue weighted by atomic mass is 16.5. The van der Waals surface area contributed by atoms with Crippen LogP contribution in [0.15, 0.2) is 18.2 Å². The molecule has 0 amide bonds. The summed E-state index contributed by atoms with van der Waals surface area (Å²) < 4.78 is 11.2. The molecule has 3 heteroatoms. The number of methoxy groups -OCH3 is 2. The first-order chi connectivity index (χ1) is 11.1. The molecule has 0 saturated heterocycles. The van der Waals surface area contributed by atoms with Gasteiger partial charge in [0.05, 0.1) is 19.8 Å². The Morgan fingerprint density at radius 1 is 0.875 bits per heavy atom. The Hall–Kier alpha value is -2.03. The molecule has 0 aliphatic heterocycles. The summed E-state index contributed by atoms with van der Waals surface area (Å²) >= 11 is 0. The molecule has 0 bridgehead atoms. The molecule has 24 heavy (non-hydrogen) atoms. The van der Waals surface area contributed by atoms with E-state index in [9.17, 15) is 4.79 Å². The minimum absolute atomic E-state index is 0.116. The van der Waals surface area contributed by atoms with Gasteiger partial charge >= 0.3 is 0 Å². The van der Waals surface area contributed by atoms with Crippen LogP contribution in [-0.2, 0) is 10.8 Å². The maximum atomic E-state index is 11.9. The number of rotatable bonds is 3. The molecule has 0 atom stereocenters. The Balaban J connectivity index is 3.10. The van der Waals surface area contributed by atoms with Crippen LogP contribution in [0, 0.1) is 0 Å². The zero-order chi connectivity index (χ0) is 18.3. The second-order valence-corrected chi connectivity index (χ2v) is 8.23. The number of carbonyl (C=O) groups excluding carboxylic acids is 1. The fraction of sp³-hybridized carbons (Fsp3) is 0.476. The molecular formula is C21H28O3. The van der Waals surface area contributed by atoms with Gasteiger partial charge in [-0.1, -0.05) is 41.5 Å². The highest BCUT2D eigenvalue weighted by Crippen LogP contribution is 2.44. The van der Waals surface area contributed by atoms with Gasteiger partial charge < -0.3 is 9.47 Å². The normalized spacial score (nSPS) is 12.3. The summed E-state index contributed by atoms with van der Waals surface area (Å²) in [5.74, 6) is 1.51. The lowest BCUT2D eigenvalue weighted by molar-refractivity contribution is 0.112. The number of ether oxygens (including phenoxy) is 2. The third-order valence-electron chi connectivity index (χ3n) is 4.38. The first-order valence-electron chi connectivity index (χ1n) is 8.24. The number of benzene rings is 2. The van der Waals surface area contributed by atoms with Crippen LogP contribution < -0.4 is 9.47 Å². The predicted octanol–water partition coefficient (Wildman–Crippen LogP) is 5.26. The van der Waals surface area contributed by atoms with E-state index in [2.05, 4.69) is 47.6 Å². The Morgan fingerprint density at radius 2 is 1.50 bits per heavy atom. The maximum absolute atomic E-state index is 11.9. The van der Waals surface area contributed by atoms with Crippen molar-refractivity contribution in [3.05, 3.63) is 34.9 Å². The van der Waals surface area contributed by atoms with E-state index >= 15 is 0 Å². The van der Waals surface area contributed by atoms with Gasteiger partial charge in [-0.15, -0.1) is 0 Å². The first kappa shape index (κ1) is 18.3. The lowest BCUT2D eigenvalue weighted by atomic mass is 9.78. The highest BCUT2D eigenvalue weighted by molar-refractivity contribution is 6.04. The second kappa shape index (κ2) is 6.12. The minimum Gasteiger partial charge on any atom is -0.496 e. The van der Waals surface area contributed by atoms with Crippen LogP contribution in [0.25, 0.3) is 10.8 Å². The molecule has 3 nitrogen and oxygen atoms in total. The van der Waals surface area contributed by atoms with Gasteiger partial charge in [0, 0.05) is 11.1 Å². The van der Waals surface area contributed by atoms with Crippen LogP contribution in [-0.4, -0.2) is 20.5 Å². The van der Waals surface area contributed by atoms with Gasteiger partial charge in [-0.05, 0) is 39.8 Å². The molecule has 0 saturated carbocycles. The lowest BCUT2D eigenvalue weighted by Gasteiger charge is -2.28. The molecule has 130 valence electrons. The molecule has 0 N–H and O–H groups in total. The number of carbonyl (C=O) groups is 1. The average molecular weight is 328 g/mol. The fourth-order valence-electron chi connectivity index (χ4n) is 3.30. The number of aldehydes is 1. The number of hydrogen-bond acceptors (Lipinski definition) is 3. The van der Waals surface area contributed by atoms with E-state index in [1.165, 1.54) is 0 Å². The van der Waals surface area contributed by atoms with Crippen LogP contribution in [0.5, 0.6) is 11.5 Å². The molecule has 0 aliphatic rings. The largest absolute Gasteiger partial charge is 0.496 e. The highest BCUT2D eigenvalue weighted by Gasteiger charge is 2.28. The van der Waals surface area contributed by atoms with Gasteiger partial charge in [0.15, 0.2) is 6.29 Å². The van der Waals surface area contributed by atoms with Crippen molar-refractivity contribution in [2.45, 2.75) is 52.4 Å². The summed E-state index contributed by atoms with van der Waals surface area (Å²) in [6.07, 6.45) is 0.898. The van der Waals surface area contributed by atoms with E-state index in [1.54, 1.807) is 14.2 Å². The lowest BCUT2D eigenvalue weighted by Crippen LogP contribution is -2.17. The van der Waals surface area contributed by atoms with Crippen molar-refractivity contribution in [1.82, 2.24) is 0 Å². The molecule has 2 aromatic rings. The van der Waals surface area contributed by atoms with Gasteiger partial charge in [-0.3, -0.25) is 4.79 Å². The van der Waals surface area contributed by atoms with Crippen LogP contribution in [0.2, 0.25) is 0 Å². The molecule has 2 aromatic carbocycles. The molecule has 0 radical (unpaired) electrons. The minimum atomic E-state index is -0.143. The van der Waals surface area contributed by atoms with Crippen molar-refractivity contribution >= 4 is 17.1 Å². The van der Waals surface area contributed by atoms with E-state index in [0.29, 0.717) is 11.3 Å². The number of hydrogen-bond donors (Lipinski definition) is 0. The zero-order valence-corrected chi connectivity index (χ0v) is 16.0. The Kier molecular flexibility index (Phi) is 4.67. The monoisotopic (exact) mass is 328 g/mol. The summed E-state index contributed by atoms with van der Waals surface area (Å²) in [5.41, 5.74) is 2.48. The summed E-state index contributed by atoms with van der Waals surface area (Å²) in [6.45, 7) is 12.9. The van der Waals surface area contributed by atoms with Crippen molar-refractivity contribution < 1.29 is 14.3 Å². The predicted molar refractivity (Wildman–Crippen MR) is 99.8 cm³/mol. The standard InChI is InChI=1S/C21H28O3/c1-20(2,3)16-11-14-13(15(12-22)19(16)24-8)9-10-17(23-7)18(14)21(4,5)6/h9-12H,1-8H3. The van der Waals surface area contributed by atoms with E-state index in [0.717, 1.165) is 33.9 Å². The molecule has 0 aliphatic carbocycles. The summed E-state index contributed by atoms with van der Waals surface area (Å²) in [7, 11) is 3.31. The van der Waals surface area contributed by atoms with E-state index in [-0.39, 0.29) is 10.8 Å². The Labute approximate surface area is 145 Å².